The Labute approximate surface area is 121 Å². The Hall–Kier alpha value is -2.15. The molecule has 0 aliphatic carbocycles. The molecule has 0 saturated carbocycles. The largest absolute Gasteiger partial charge is 0.443 e. The average Bonchev–Trinajstić information content (AvgIpc) is 2.99. The van der Waals surface area contributed by atoms with Crippen LogP contribution in [0.1, 0.15) is 5.56 Å². The van der Waals surface area contributed by atoms with E-state index in [9.17, 15) is 14.0 Å². The number of anilines is 2. The molecule has 0 bridgehead atoms. The number of carbonyl (C=O) groups excluding carboxylic acids is 2. The molecule has 112 valence electrons. The first-order chi connectivity index (χ1) is 10.1. The molecule has 2 aliphatic rings. The number of nitrogens with two attached hydrogens (primary N) is 1. The Kier molecular flexibility index (Phi) is 3.50. The number of carbonyl (C=O) groups is 2. The third-order valence-corrected chi connectivity index (χ3v) is 3.75. The molecule has 0 radical (unpaired) electrons. The van der Waals surface area contributed by atoms with E-state index in [-0.39, 0.29) is 31.5 Å². The van der Waals surface area contributed by atoms with Crippen LogP contribution in [0.15, 0.2) is 18.2 Å². The predicted molar refractivity (Wildman–Crippen MR) is 75.1 cm³/mol. The molecular formula is C14H16FN3O3. The Morgan fingerprint density at radius 1 is 1.38 bits per heavy atom. The summed E-state index contributed by atoms with van der Waals surface area (Å²) in [5.74, 6) is -0.122. The first-order valence-electron chi connectivity index (χ1n) is 6.81. The number of hydrogen-bond donors (Lipinski definition) is 1. The van der Waals surface area contributed by atoms with Gasteiger partial charge in [-0.05, 0) is 23.8 Å². The quantitative estimate of drug-likeness (QED) is 0.892. The zero-order valence-corrected chi connectivity index (χ0v) is 11.4. The number of amides is 2. The van der Waals surface area contributed by atoms with Crippen molar-refractivity contribution < 1.29 is 18.7 Å². The molecular weight excluding hydrogens is 277 g/mol. The lowest BCUT2D eigenvalue weighted by Gasteiger charge is -2.17. The summed E-state index contributed by atoms with van der Waals surface area (Å²) in [5, 5.41) is 0. The third kappa shape index (κ3) is 2.33. The van der Waals surface area contributed by atoms with Crippen LogP contribution in [-0.2, 0) is 16.0 Å². The van der Waals surface area contributed by atoms with E-state index in [0.29, 0.717) is 17.9 Å². The molecule has 1 unspecified atom stereocenters. The zero-order chi connectivity index (χ0) is 15.0. The highest BCUT2D eigenvalue weighted by atomic mass is 19.1. The van der Waals surface area contributed by atoms with E-state index < -0.39 is 12.8 Å². The van der Waals surface area contributed by atoms with Crippen LogP contribution in [0.25, 0.3) is 0 Å². The second kappa shape index (κ2) is 5.33. The van der Waals surface area contributed by atoms with E-state index in [1.165, 1.54) is 9.80 Å². The van der Waals surface area contributed by atoms with Gasteiger partial charge in [-0.15, -0.1) is 0 Å². The van der Waals surface area contributed by atoms with Crippen molar-refractivity contribution in [3.05, 3.63) is 23.8 Å². The smallest absolute Gasteiger partial charge is 0.414 e. The summed E-state index contributed by atoms with van der Waals surface area (Å²) in [6.45, 7) is 0.155. The summed E-state index contributed by atoms with van der Waals surface area (Å²) in [7, 11) is 0. The normalized spacial score (nSPS) is 21.0. The molecule has 2 aliphatic heterocycles. The summed E-state index contributed by atoms with van der Waals surface area (Å²) in [6, 6.07) is 5.27. The van der Waals surface area contributed by atoms with Gasteiger partial charge in [0.25, 0.3) is 0 Å². The Balaban J connectivity index is 1.86. The van der Waals surface area contributed by atoms with E-state index >= 15 is 0 Å². The van der Waals surface area contributed by atoms with Crippen molar-refractivity contribution in [1.29, 1.82) is 0 Å². The molecule has 6 nitrogen and oxygen atoms in total. The summed E-state index contributed by atoms with van der Waals surface area (Å²) >= 11 is 0. The first kappa shape index (κ1) is 13.8. The average molecular weight is 293 g/mol. The highest BCUT2D eigenvalue weighted by molar-refractivity contribution is 6.02. The highest BCUT2D eigenvalue weighted by Gasteiger charge is 2.33. The summed E-state index contributed by atoms with van der Waals surface area (Å²) < 4.78 is 17.6. The van der Waals surface area contributed by atoms with Crippen molar-refractivity contribution in [2.24, 2.45) is 5.73 Å². The minimum absolute atomic E-state index is 0.0617. The van der Waals surface area contributed by atoms with Crippen LogP contribution in [0.3, 0.4) is 0 Å². The van der Waals surface area contributed by atoms with Crippen LogP contribution in [0.4, 0.5) is 20.6 Å². The number of rotatable bonds is 4. The van der Waals surface area contributed by atoms with Crippen molar-refractivity contribution in [2.45, 2.75) is 12.5 Å². The number of benzene rings is 1. The van der Waals surface area contributed by atoms with Crippen LogP contribution in [-0.4, -0.2) is 44.4 Å². The molecule has 1 saturated heterocycles. The topological polar surface area (TPSA) is 75.9 Å². The van der Waals surface area contributed by atoms with Crippen molar-refractivity contribution in [3.63, 3.8) is 0 Å². The number of alkyl halides is 1. The molecule has 21 heavy (non-hydrogen) atoms. The molecule has 2 heterocycles. The number of hydrogen-bond acceptors (Lipinski definition) is 4. The van der Waals surface area contributed by atoms with Crippen LogP contribution < -0.4 is 15.5 Å². The number of fused-ring (bicyclic) bond motifs is 1. The standard InChI is InChI=1S/C14H16FN3O3/c15-3-4-17-12-2-1-10(5-9(12)6-13(17)19)18-8-11(7-16)21-14(18)20/h1-2,5,11H,3-4,6-8,16H2. The molecule has 1 aromatic rings. The number of cyclic esters (lactones) is 1. The predicted octanol–water partition coefficient (Wildman–Crippen LogP) is 0.829. The van der Waals surface area contributed by atoms with Crippen LogP contribution in [0.5, 0.6) is 0 Å². The van der Waals surface area contributed by atoms with Crippen molar-refractivity contribution >= 4 is 23.4 Å². The zero-order valence-electron chi connectivity index (χ0n) is 11.4. The molecule has 0 aromatic heterocycles. The van der Waals surface area contributed by atoms with E-state index in [1.54, 1.807) is 18.2 Å². The SMILES string of the molecule is NCC1CN(c2ccc3c(c2)CC(=O)N3CCF)C(=O)O1. The third-order valence-electron chi connectivity index (χ3n) is 3.75. The van der Waals surface area contributed by atoms with Crippen molar-refractivity contribution in [3.8, 4) is 0 Å². The van der Waals surface area contributed by atoms with Gasteiger partial charge in [-0.3, -0.25) is 9.69 Å². The minimum atomic E-state index is -0.580. The Morgan fingerprint density at radius 2 is 2.19 bits per heavy atom. The molecule has 3 rings (SSSR count). The Morgan fingerprint density at radius 3 is 2.86 bits per heavy atom. The van der Waals surface area contributed by atoms with Gasteiger partial charge in [-0.1, -0.05) is 0 Å². The molecule has 2 N–H and O–H groups in total. The first-order valence-corrected chi connectivity index (χ1v) is 6.81. The van der Waals surface area contributed by atoms with Gasteiger partial charge in [0.15, 0.2) is 0 Å². The molecule has 1 aromatic carbocycles. The van der Waals surface area contributed by atoms with Gasteiger partial charge in [0, 0.05) is 17.9 Å². The van der Waals surface area contributed by atoms with Gasteiger partial charge < -0.3 is 15.4 Å². The lowest BCUT2D eigenvalue weighted by molar-refractivity contribution is -0.117. The fourth-order valence-corrected chi connectivity index (χ4v) is 2.72. The fourth-order valence-electron chi connectivity index (χ4n) is 2.72. The van der Waals surface area contributed by atoms with Crippen LogP contribution in [0, 0.1) is 0 Å². The van der Waals surface area contributed by atoms with E-state index in [1.807, 2.05) is 0 Å². The van der Waals surface area contributed by atoms with E-state index in [2.05, 4.69) is 0 Å². The molecule has 0 spiro atoms. The number of nitrogens with zero attached hydrogens (tertiary/aromatic N) is 2. The van der Waals surface area contributed by atoms with E-state index in [0.717, 1.165) is 5.56 Å². The lowest BCUT2D eigenvalue weighted by Crippen LogP contribution is -2.28. The summed E-state index contributed by atoms with van der Waals surface area (Å²) in [5.41, 5.74) is 7.69. The monoisotopic (exact) mass is 293 g/mol. The fraction of sp³-hybridized carbons (Fsp3) is 0.429. The van der Waals surface area contributed by atoms with Gasteiger partial charge in [0.2, 0.25) is 5.91 Å². The second-order valence-corrected chi connectivity index (χ2v) is 5.08. The maximum atomic E-state index is 12.5. The van der Waals surface area contributed by atoms with Crippen molar-refractivity contribution in [2.75, 3.05) is 36.1 Å². The lowest BCUT2D eigenvalue weighted by atomic mass is 10.1. The molecule has 2 amide bonds. The molecule has 1 atom stereocenters. The van der Waals surface area contributed by atoms with E-state index in [4.69, 9.17) is 10.5 Å². The Bertz CT molecular complexity index is 593. The van der Waals surface area contributed by atoms with Gasteiger partial charge in [0.05, 0.1) is 19.5 Å². The van der Waals surface area contributed by atoms with Gasteiger partial charge in [-0.2, -0.15) is 0 Å². The minimum Gasteiger partial charge on any atom is -0.443 e. The summed E-state index contributed by atoms with van der Waals surface area (Å²) in [4.78, 5) is 26.6. The van der Waals surface area contributed by atoms with Crippen LogP contribution in [0.2, 0.25) is 0 Å². The summed E-state index contributed by atoms with van der Waals surface area (Å²) in [6.07, 6.45) is -0.516. The van der Waals surface area contributed by atoms with Gasteiger partial charge >= 0.3 is 6.09 Å². The maximum Gasteiger partial charge on any atom is 0.414 e. The highest BCUT2D eigenvalue weighted by Crippen LogP contribution is 2.33. The van der Waals surface area contributed by atoms with Gasteiger partial charge in [-0.25, -0.2) is 9.18 Å². The molecule has 1 fully saturated rings. The number of ether oxygens (including phenoxy) is 1. The van der Waals surface area contributed by atoms with Crippen LogP contribution >= 0.6 is 0 Å². The van der Waals surface area contributed by atoms with Gasteiger partial charge in [0.1, 0.15) is 12.8 Å². The number of halogens is 1. The molecule has 7 heteroatoms. The second-order valence-electron chi connectivity index (χ2n) is 5.08. The maximum absolute atomic E-state index is 12.5. The van der Waals surface area contributed by atoms with Crippen molar-refractivity contribution in [1.82, 2.24) is 0 Å².